The third kappa shape index (κ3) is 3.08. The molecule has 1 saturated heterocycles. The maximum absolute atomic E-state index is 12.2. The number of carbonyl (C=O) groups excluding carboxylic acids is 1. The summed E-state index contributed by atoms with van der Waals surface area (Å²) in [6.45, 7) is 0.866. The molecule has 2 rings (SSSR count). The number of nitrogens with zero attached hydrogens (tertiary/aromatic N) is 2. The molecule has 0 unspecified atom stereocenters. The lowest BCUT2D eigenvalue weighted by molar-refractivity contribution is -0.384. The monoisotopic (exact) mass is 263 g/mol. The smallest absolute Gasteiger partial charge is 0.269 e. The average molecular weight is 263 g/mol. The van der Waals surface area contributed by atoms with Gasteiger partial charge in [-0.1, -0.05) is 6.42 Å². The maximum Gasteiger partial charge on any atom is 0.269 e. The van der Waals surface area contributed by atoms with Crippen molar-refractivity contribution in [1.29, 1.82) is 0 Å². The van der Waals surface area contributed by atoms with E-state index in [9.17, 15) is 14.9 Å². The van der Waals surface area contributed by atoms with Gasteiger partial charge in [0.1, 0.15) is 0 Å². The summed E-state index contributed by atoms with van der Waals surface area (Å²) in [5.41, 5.74) is 0.698. The van der Waals surface area contributed by atoms with E-state index in [1.807, 2.05) is 0 Å². The van der Waals surface area contributed by atoms with Crippen molar-refractivity contribution in [3.8, 4) is 0 Å². The fourth-order valence-electron chi connectivity index (χ4n) is 2.22. The summed E-state index contributed by atoms with van der Waals surface area (Å²) in [5.74, 6) is 0.00792. The lowest BCUT2D eigenvalue weighted by Crippen LogP contribution is -2.47. The largest absolute Gasteiger partial charge is 0.314 e. The van der Waals surface area contributed by atoms with Gasteiger partial charge in [-0.2, -0.15) is 0 Å². The molecule has 1 N–H and O–H groups in total. The highest BCUT2D eigenvalue weighted by Gasteiger charge is 2.24. The number of nitrogens with one attached hydrogen (secondary N) is 1. The Kier molecular flexibility index (Phi) is 4.11. The van der Waals surface area contributed by atoms with E-state index in [2.05, 4.69) is 5.32 Å². The van der Waals surface area contributed by atoms with Crippen molar-refractivity contribution in [2.24, 2.45) is 0 Å². The number of carbonyl (C=O) groups is 1. The molecular weight excluding hydrogens is 246 g/mol. The summed E-state index contributed by atoms with van der Waals surface area (Å²) in [6.07, 6.45) is 3.00. The molecule has 6 heteroatoms. The summed E-state index contributed by atoms with van der Waals surface area (Å²) in [6, 6.07) is 5.87. The molecule has 1 aliphatic heterocycles. The van der Waals surface area contributed by atoms with Crippen LogP contribution in [0.25, 0.3) is 0 Å². The number of piperidine rings is 1. The first kappa shape index (κ1) is 13.5. The van der Waals surface area contributed by atoms with Crippen LogP contribution in [-0.2, 0) is 4.79 Å². The topological polar surface area (TPSA) is 75.5 Å². The second kappa shape index (κ2) is 5.79. The molecule has 0 saturated carbocycles. The predicted molar refractivity (Wildman–Crippen MR) is 72.1 cm³/mol. The van der Waals surface area contributed by atoms with Gasteiger partial charge in [0, 0.05) is 24.9 Å². The van der Waals surface area contributed by atoms with Gasteiger partial charge >= 0.3 is 0 Å². The van der Waals surface area contributed by atoms with Crippen LogP contribution in [0.1, 0.15) is 19.3 Å². The van der Waals surface area contributed by atoms with Gasteiger partial charge in [-0.3, -0.25) is 14.9 Å². The Morgan fingerprint density at radius 2 is 2.05 bits per heavy atom. The van der Waals surface area contributed by atoms with Crippen LogP contribution in [-0.4, -0.2) is 30.5 Å². The number of rotatable bonds is 3. The van der Waals surface area contributed by atoms with Crippen LogP contribution < -0.4 is 10.2 Å². The Morgan fingerprint density at radius 1 is 1.37 bits per heavy atom. The normalized spacial score (nSPS) is 18.9. The third-order valence-electron chi connectivity index (χ3n) is 3.39. The lowest BCUT2D eigenvalue weighted by atomic mass is 10.0. The highest BCUT2D eigenvalue weighted by molar-refractivity contribution is 5.96. The van der Waals surface area contributed by atoms with E-state index in [4.69, 9.17) is 0 Å². The van der Waals surface area contributed by atoms with E-state index in [1.54, 1.807) is 24.1 Å². The van der Waals surface area contributed by atoms with Crippen LogP contribution in [0.3, 0.4) is 0 Å². The Labute approximate surface area is 111 Å². The van der Waals surface area contributed by atoms with Gasteiger partial charge in [-0.15, -0.1) is 0 Å². The van der Waals surface area contributed by atoms with Gasteiger partial charge in [-0.05, 0) is 31.5 Å². The van der Waals surface area contributed by atoms with Crippen LogP contribution in [0.4, 0.5) is 11.4 Å². The maximum atomic E-state index is 12.2. The summed E-state index contributed by atoms with van der Waals surface area (Å²) in [4.78, 5) is 23.9. The molecule has 1 aliphatic rings. The molecular formula is C13H17N3O3. The zero-order valence-corrected chi connectivity index (χ0v) is 10.8. The zero-order valence-electron chi connectivity index (χ0n) is 10.8. The van der Waals surface area contributed by atoms with E-state index < -0.39 is 4.92 Å². The number of hydrogen-bond acceptors (Lipinski definition) is 4. The second-order valence-electron chi connectivity index (χ2n) is 4.67. The van der Waals surface area contributed by atoms with Crippen molar-refractivity contribution in [1.82, 2.24) is 5.32 Å². The SMILES string of the molecule is CN(C(=O)[C@H]1CCCCN1)c1ccc([N+](=O)[O-])cc1. The molecule has 0 aliphatic carbocycles. The minimum absolute atomic E-state index is 0.00792. The van der Waals surface area contributed by atoms with Crippen molar-refractivity contribution in [3.05, 3.63) is 34.4 Å². The number of amides is 1. The zero-order chi connectivity index (χ0) is 13.8. The molecule has 1 heterocycles. The Hall–Kier alpha value is -1.95. The third-order valence-corrected chi connectivity index (χ3v) is 3.39. The van der Waals surface area contributed by atoms with Crippen molar-refractivity contribution < 1.29 is 9.72 Å². The number of anilines is 1. The molecule has 1 atom stereocenters. The van der Waals surface area contributed by atoms with Crippen molar-refractivity contribution in [3.63, 3.8) is 0 Å². The summed E-state index contributed by atoms with van der Waals surface area (Å²) in [5, 5.41) is 13.8. The van der Waals surface area contributed by atoms with Crippen LogP contribution >= 0.6 is 0 Å². The first-order valence-corrected chi connectivity index (χ1v) is 6.35. The van der Waals surface area contributed by atoms with Gasteiger partial charge in [0.05, 0.1) is 11.0 Å². The number of non-ortho nitro benzene ring substituents is 1. The van der Waals surface area contributed by atoms with E-state index in [0.717, 1.165) is 25.8 Å². The Bertz CT molecular complexity index is 467. The predicted octanol–water partition coefficient (Wildman–Crippen LogP) is 1.70. The molecule has 1 fully saturated rings. The molecule has 0 aromatic heterocycles. The first-order chi connectivity index (χ1) is 9.09. The average Bonchev–Trinajstić information content (AvgIpc) is 2.46. The molecule has 1 aromatic carbocycles. The van der Waals surface area contributed by atoms with E-state index in [1.165, 1.54) is 12.1 Å². The minimum Gasteiger partial charge on any atom is -0.314 e. The highest BCUT2D eigenvalue weighted by atomic mass is 16.6. The summed E-state index contributed by atoms with van der Waals surface area (Å²) in [7, 11) is 1.69. The number of benzene rings is 1. The van der Waals surface area contributed by atoms with Gasteiger partial charge < -0.3 is 10.2 Å². The molecule has 1 aromatic rings. The first-order valence-electron chi connectivity index (χ1n) is 6.35. The second-order valence-corrected chi connectivity index (χ2v) is 4.67. The quantitative estimate of drug-likeness (QED) is 0.665. The van der Waals surface area contributed by atoms with Gasteiger partial charge in [0.15, 0.2) is 0 Å². The summed E-state index contributed by atoms with van der Waals surface area (Å²) < 4.78 is 0. The van der Waals surface area contributed by atoms with Gasteiger partial charge in [-0.25, -0.2) is 0 Å². The molecule has 102 valence electrons. The van der Waals surface area contributed by atoms with E-state index in [0.29, 0.717) is 5.69 Å². The van der Waals surface area contributed by atoms with Crippen molar-refractivity contribution in [2.45, 2.75) is 25.3 Å². The van der Waals surface area contributed by atoms with E-state index >= 15 is 0 Å². The fourth-order valence-corrected chi connectivity index (χ4v) is 2.22. The lowest BCUT2D eigenvalue weighted by Gasteiger charge is -2.27. The van der Waals surface area contributed by atoms with Gasteiger partial charge in [0.2, 0.25) is 5.91 Å². The Balaban J connectivity index is 2.07. The Morgan fingerprint density at radius 3 is 2.58 bits per heavy atom. The van der Waals surface area contributed by atoms with Crippen LogP contribution in [0.2, 0.25) is 0 Å². The molecule has 19 heavy (non-hydrogen) atoms. The van der Waals surface area contributed by atoms with Crippen molar-refractivity contribution >= 4 is 17.3 Å². The minimum atomic E-state index is -0.450. The van der Waals surface area contributed by atoms with Crippen LogP contribution in [0.5, 0.6) is 0 Å². The molecule has 0 spiro atoms. The molecule has 0 bridgehead atoms. The fraction of sp³-hybridized carbons (Fsp3) is 0.462. The molecule has 6 nitrogen and oxygen atoms in total. The van der Waals surface area contributed by atoms with E-state index in [-0.39, 0.29) is 17.6 Å². The number of hydrogen-bond donors (Lipinski definition) is 1. The van der Waals surface area contributed by atoms with Crippen LogP contribution in [0.15, 0.2) is 24.3 Å². The standard InChI is InChI=1S/C13H17N3O3/c1-15(13(17)12-4-2-3-9-14-12)10-5-7-11(8-6-10)16(18)19/h5-8,12,14H,2-4,9H2,1H3/t12-/m1/s1. The highest BCUT2D eigenvalue weighted by Crippen LogP contribution is 2.20. The summed E-state index contributed by atoms with van der Waals surface area (Å²) >= 11 is 0. The van der Waals surface area contributed by atoms with Gasteiger partial charge in [0.25, 0.3) is 5.69 Å². The van der Waals surface area contributed by atoms with Crippen molar-refractivity contribution in [2.75, 3.05) is 18.5 Å². The number of nitro groups is 1. The number of nitro benzene ring substituents is 1. The molecule has 0 radical (unpaired) electrons. The molecule has 1 amide bonds. The van der Waals surface area contributed by atoms with Crippen LogP contribution in [0, 0.1) is 10.1 Å². The number of likely N-dealkylation sites (N-methyl/N-ethyl adjacent to an activating group) is 1.